The van der Waals surface area contributed by atoms with E-state index < -0.39 is 0 Å². The lowest BCUT2D eigenvalue weighted by molar-refractivity contribution is 0.148. The van der Waals surface area contributed by atoms with E-state index in [-0.39, 0.29) is 17.6 Å². The van der Waals surface area contributed by atoms with Gasteiger partial charge < -0.3 is 10.4 Å². The molecule has 0 aliphatic heterocycles. The maximum atomic E-state index is 9.03. The smallest absolute Gasteiger partial charge is 0.0558 e. The molecule has 3 nitrogen and oxygen atoms in total. The lowest BCUT2D eigenvalue weighted by Crippen LogP contribution is -2.46. The van der Waals surface area contributed by atoms with Crippen LogP contribution in [0.1, 0.15) is 34.6 Å². The molecule has 0 heterocycles. The summed E-state index contributed by atoms with van der Waals surface area (Å²) in [6, 6.07) is 0. The fourth-order valence-electron chi connectivity index (χ4n) is 1.72. The van der Waals surface area contributed by atoms with Crippen molar-refractivity contribution in [2.75, 3.05) is 32.8 Å². The van der Waals surface area contributed by atoms with Gasteiger partial charge in [-0.15, -0.1) is 6.58 Å². The fourth-order valence-corrected chi connectivity index (χ4v) is 1.72. The van der Waals surface area contributed by atoms with Gasteiger partial charge in [0.2, 0.25) is 0 Å². The maximum Gasteiger partial charge on any atom is 0.0558 e. The van der Waals surface area contributed by atoms with Gasteiger partial charge in [0, 0.05) is 31.7 Å². The highest BCUT2D eigenvalue weighted by atomic mass is 16.3. The zero-order chi connectivity index (χ0) is 13.5. The van der Waals surface area contributed by atoms with Crippen molar-refractivity contribution in [2.45, 2.75) is 40.2 Å². The first-order valence-corrected chi connectivity index (χ1v) is 6.39. The van der Waals surface area contributed by atoms with Crippen LogP contribution < -0.4 is 5.32 Å². The molecule has 0 rings (SSSR count). The van der Waals surface area contributed by atoms with Gasteiger partial charge >= 0.3 is 0 Å². The average Bonchev–Trinajstić information content (AvgIpc) is 2.14. The first-order chi connectivity index (χ1) is 7.70. The Labute approximate surface area is 107 Å². The normalized spacial score (nSPS) is 13.1. The lowest BCUT2D eigenvalue weighted by Gasteiger charge is -2.34. The Morgan fingerprint density at radius 1 is 1.24 bits per heavy atom. The van der Waals surface area contributed by atoms with Gasteiger partial charge in [-0.05, 0) is 26.2 Å². The van der Waals surface area contributed by atoms with E-state index >= 15 is 0 Å². The molecule has 0 bridgehead atoms. The molecule has 0 unspecified atom stereocenters. The van der Waals surface area contributed by atoms with Crippen LogP contribution >= 0.6 is 0 Å². The van der Waals surface area contributed by atoms with Crippen molar-refractivity contribution < 1.29 is 5.11 Å². The van der Waals surface area contributed by atoms with Gasteiger partial charge in [0.05, 0.1) is 6.61 Å². The monoisotopic (exact) mass is 242 g/mol. The number of nitrogens with zero attached hydrogens (tertiary/aromatic N) is 1. The lowest BCUT2D eigenvalue weighted by atomic mass is 9.91. The van der Waals surface area contributed by atoms with E-state index in [2.05, 4.69) is 51.4 Å². The zero-order valence-corrected chi connectivity index (χ0v) is 12.2. The van der Waals surface area contributed by atoms with E-state index in [9.17, 15) is 0 Å². The number of hydrogen-bond donors (Lipinski definition) is 2. The second-order valence-electron chi connectivity index (χ2n) is 6.52. The highest BCUT2D eigenvalue weighted by Gasteiger charge is 2.23. The van der Waals surface area contributed by atoms with Crippen molar-refractivity contribution in [3.8, 4) is 0 Å². The van der Waals surface area contributed by atoms with Crippen LogP contribution in [0.15, 0.2) is 12.7 Å². The molecule has 0 aliphatic carbocycles. The van der Waals surface area contributed by atoms with Gasteiger partial charge in [-0.1, -0.05) is 19.9 Å². The second kappa shape index (κ2) is 7.14. The van der Waals surface area contributed by atoms with Crippen LogP contribution in [-0.4, -0.2) is 48.3 Å². The molecule has 102 valence electrons. The van der Waals surface area contributed by atoms with Crippen molar-refractivity contribution in [2.24, 2.45) is 5.41 Å². The van der Waals surface area contributed by atoms with Gasteiger partial charge in [-0.25, -0.2) is 0 Å². The van der Waals surface area contributed by atoms with Gasteiger partial charge in [-0.2, -0.15) is 0 Å². The molecule has 2 N–H and O–H groups in total. The molecule has 0 aromatic heterocycles. The van der Waals surface area contributed by atoms with Crippen molar-refractivity contribution >= 4 is 0 Å². The maximum absolute atomic E-state index is 9.03. The van der Waals surface area contributed by atoms with Crippen LogP contribution in [0.4, 0.5) is 0 Å². The van der Waals surface area contributed by atoms with E-state index in [1.54, 1.807) is 0 Å². The largest absolute Gasteiger partial charge is 0.395 e. The third-order valence-electron chi connectivity index (χ3n) is 2.55. The molecule has 17 heavy (non-hydrogen) atoms. The quantitative estimate of drug-likeness (QED) is 0.638. The van der Waals surface area contributed by atoms with Gasteiger partial charge in [0.1, 0.15) is 0 Å². The van der Waals surface area contributed by atoms with Crippen LogP contribution in [0, 0.1) is 5.41 Å². The van der Waals surface area contributed by atoms with E-state index in [4.69, 9.17) is 5.11 Å². The minimum Gasteiger partial charge on any atom is -0.395 e. The van der Waals surface area contributed by atoms with Crippen molar-refractivity contribution in [3.05, 3.63) is 12.7 Å². The summed E-state index contributed by atoms with van der Waals surface area (Å²) >= 11 is 0. The summed E-state index contributed by atoms with van der Waals surface area (Å²) in [6.45, 7) is 18.5. The summed E-state index contributed by atoms with van der Waals surface area (Å²) < 4.78 is 0. The molecule has 0 aromatic rings. The van der Waals surface area contributed by atoms with Crippen LogP contribution in [0.25, 0.3) is 0 Å². The summed E-state index contributed by atoms with van der Waals surface area (Å²) in [4.78, 5) is 2.23. The van der Waals surface area contributed by atoms with E-state index in [1.807, 2.05) is 6.08 Å². The van der Waals surface area contributed by atoms with Gasteiger partial charge in [0.25, 0.3) is 0 Å². The predicted octanol–water partition coefficient (Wildman–Crippen LogP) is 1.88. The third kappa shape index (κ3) is 9.33. The molecule has 0 spiro atoms. The standard InChI is InChI=1S/C14H30N2O/c1-7-8-16(9-10-17)12-14(5,6)11-15-13(2,3)4/h7,15,17H,1,8-12H2,2-6H3. The van der Waals surface area contributed by atoms with Crippen molar-refractivity contribution in [3.63, 3.8) is 0 Å². The summed E-state index contributed by atoms with van der Waals surface area (Å²) in [5.41, 5.74) is 0.336. The number of aliphatic hydroxyl groups is 1. The predicted molar refractivity (Wildman–Crippen MR) is 75.3 cm³/mol. The Morgan fingerprint density at radius 3 is 2.24 bits per heavy atom. The number of hydrogen-bond acceptors (Lipinski definition) is 3. The highest BCUT2D eigenvalue weighted by molar-refractivity contribution is 4.83. The average molecular weight is 242 g/mol. The molecule has 0 aliphatic rings. The second-order valence-corrected chi connectivity index (χ2v) is 6.52. The number of aliphatic hydroxyl groups excluding tert-OH is 1. The van der Waals surface area contributed by atoms with Crippen molar-refractivity contribution in [1.82, 2.24) is 10.2 Å². The van der Waals surface area contributed by atoms with Crippen molar-refractivity contribution in [1.29, 1.82) is 0 Å². The van der Waals surface area contributed by atoms with Crippen LogP contribution in [-0.2, 0) is 0 Å². The van der Waals surface area contributed by atoms with E-state index in [0.717, 1.165) is 19.6 Å². The Bertz CT molecular complexity index is 219. The van der Waals surface area contributed by atoms with Crippen LogP contribution in [0.5, 0.6) is 0 Å². The molecule has 0 atom stereocenters. The number of nitrogens with one attached hydrogen (secondary N) is 1. The highest BCUT2D eigenvalue weighted by Crippen LogP contribution is 2.17. The number of rotatable bonds is 8. The fraction of sp³-hybridized carbons (Fsp3) is 0.857. The zero-order valence-electron chi connectivity index (χ0n) is 12.2. The minimum atomic E-state index is 0.150. The van der Waals surface area contributed by atoms with Crippen LogP contribution in [0.2, 0.25) is 0 Å². The SMILES string of the molecule is C=CCN(CCO)CC(C)(C)CNC(C)(C)C. The molecule has 0 saturated heterocycles. The molecular formula is C14H30N2O. The van der Waals surface area contributed by atoms with Gasteiger partial charge in [0.15, 0.2) is 0 Å². The summed E-state index contributed by atoms with van der Waals surface area (Å²) in [5, 5.41) is 12.6. The summed E-state index contributed by atoms with van der Waals surface area (Å²) in [6.07, 6.45) is 1.89. The Balaban J connectivity index is 4.23. The molecule has 3 heteroatoms. The Morgan fingerprint density at radius 2 is 1.82 bits per heavy atom. The van der Waals surface area contributed by atoms with Crippen LogP contribution in [0.3, 0.4) is 0 Å². The van der Waals surface area contributed by atoms with Gasteiger partial charge in [-0.3, -0.25) is 4.90 Å². The summed E-state index contributed by atoms with van der Waals surface area (Å²) in [7, 11) is 0. The first-order valence-electron chi connectivity index (χ1n) is 6.39. The molecule has 0 radical (unpaired) electrons. The minimum absolute atomic E-state index is 0.150. The third-order valence-corrected chi connectivity index (χ3v) is 2.55. The van der Waals surface area contributed by atoms with E-state index in [0.29, 0.717) is 6.54 Å². The van der Waals surface area contributed by atoms with E-state index in [1.165, 1.54) is 0 Å². The molecule has 0 fully saturated rings. The molecule has 0 saturated carbocycles. The molecular weight excluding hydrogens is 212 g/mol. The molecule has 0 aromatic carbocycles. The molecule has 0 amide bonds. The Kier molecular flexibility index (Phi) is 6.98. The first kappa shape index (κ1) is 16.6. The topological polar surface area (TPSA) is 35.5 Å². The Hall–Kier alpha value is -0.380. The summed E-state index contributed by atoms with van der Waals surface area (Å²) in [5.74, 6) is 0.